The summed E-state index contributed by atoms with van der Waals surface area (Å²) in [6.45, 7) is 2.21. The normalized spacial score (nSPS) is 20.1. The molecule has 128 valence electrons. The van der Waals surface area contributed by atoms with Gasteiger partial charge >= 0.3 is 0 Å². The summed E-state index contributed by atoms with van der Waals surface area (Å²) in [5.41, 5.74) is 2.35. The average Bonchev–Trinajstić information content (AvgIpc) is 3.27. The first-order chi connectivity index (χ1) is 12.3. The number of imidazole rings is 1. The lowest BCUT2D eigenvalue weighted by molar-refractivity contribution is 0.148. The first-order valence-corrected chi connectivity index (χ1v) is 8.50. The van der Waals surface area contributed by atoms with Crippen molar-refractivity contribution in [2.24, 2.45) is 5.92 Å². The summed E-state index contributed by atoms with van der Waals surface area (Å²) < 4.78 is 2.01. The van der Waals surface area contributed by atoms with Gasteiger partial charge in [-0.1, -0.05) is 6.07 Å². The van der Waals surface area contributed by atoms with E-state index < -0.39 is 0 Å². The predicted octanol–water partition coefficient (Wildman–Crippen LogP) is 1.76. The van der Waals surface area contributed by atoms with Gasteiger partial charge in [-0.15, -0.1) is 0 Å². The highest BCUT2D eigenvalue weighted by Gasteiger charge is 2.31. The summed E-state index contributed by atoms with van der Waals surface area (Å²) >= 11 is 0. The van der Waals surface area contributed by atoms with Crippen molar-refractivity contribution in [2.45, 2.75) is 19.1 Å². The number of anilines is 1. The number of rotatable bonds is 5. The summed E-state index contributed by atoms with van der Waals surface area (Å²) in [6, 6.07) is 8.15. The van der Waals surface area contributed by atoms with Crippen LogP contribution in [0.5, 0.6) is 0 Å². The van der Waals surface area contributed by atoms with Crippen LogP contribution in [0.2, 0.25) is 0 Å². The van der Waals surface area contributed by atoms with E-state index in [2.05, 4.69) is 25.9 Å². The summed E-state index contributed by atoms with van der Waals surface area (Å²) in [7, 11) is 0. The van der Waals surface area contributed by atoms with Gasteiger partial charge in [-0.2, -0.15) is 0 Å². The topological polar surface area (TPSA) is 67.1 Å². The zero-order valence-electron chi connectivity index (χ0n) is 13.9. The van der Waals surface area contributed by atoms with Gasteiger partial charge < -0.3 is 14.6 Å². The summed E-state index contributed by atoms with van der Waals surface area (Å²) in [6.07, 6.45) is 11.5. The molecular weight excluding hydrogens is 314 g/mol. The van der Waals surface area contributed by atoms with Crippen molar-refractivity contribution in [3.8, 4) is 0 Å². The maximum atomic E-state index is 10.4. The van der Waals surface area contributed by atoms with Crippen molar-refractivity contribution in [2.75, 3.05) is 18.0 Å². The molecule has 1 saturated heterocycles. The first kappa shape index (κ1) is 15.8. The molecule has 6 nitrogen and oxygen atoms in total. The molecule has 3 aromatic heterocycles. The Kier molecular flexibility index (Phi) is 4.43. The van der Waals surface area contributed by atoms with Gasteiger partial charge in [0.1, 0.15) is 5.82 Å². The van der Waals surface area contributed by atoms with Crippen molar-refractivity contribution in [3.05, 3.63) is 72.7 Å². The van der Waals surface area contributed by atoms with E-state index in [0.29, 0.717) is 6.54 Å². The third-order valence-corrected chi connectivity index (χ3v) is 4.71. The fraction of sp³-hybridized carbons (Fsp3) is 0.316. The number of β-amino-alcohol motifs (C(OH)–C–C–N with tert-alkyl or cyclic N) is 1. The molecular formula is C19H21N5O. The quantitative estimate of drug-likeness (QED) is 0.770. The average molecular weight is 335 g/mol. The third-order valence-electron chi connectivity index (χ3n) is 4.71. The Morgan fingerprint density at radius 3 is 2.60 bits per heavy atom. The number of aromatic nitrogens is 4. The molecule has 6 heteroatoms. The fourth-order valence-corrected chi connectivity index (χ4v) is 3.35. The van der Waals surface area contributed by atoms with Crippen LogP contribution in [0.15, 0.2) is 61.6 Å². The second kappa shape index (κ2) is 7.03. The molecule has 4 rings (SSSR count). The molecule has 0 radical (unpaired) electrons. The molecule has 0 bridgehead atoms. The summed E-state index contributed by atoms with van der Waals surface area (Å²) in [5, 5.41) is 10.4. The Morgan fingerprint density at radius 2 is 1.88 bits per heavy atom. The smallest absolute Gasteiger partial charge is 0.128 e. The van der Waals surface area contributed by atoms with Crippen LogP contribution >= 0.6 is 0 Å². The van der Waals surface area contributed by atoms with E-state index in [9.17, 15) is 5.11 Å². The molecule has 4 heterocycles. The third kappa shape index (κ3) is 3.69. The molecule has 1 N–H and O–H groups in total. The zero-order valence-corrected chi connectivity index (χ0v) is 13.9. The van der Waals surface area contributed by atoms with Crippen LogP contribution in [0.3, 0.4) is 0 Å². The summed E-state index contributed by atoms with van der Waals surface area (Å²) in [5.74, 6) is 1.14. The van der Waals surface area contributed by atoms with Crippen molar-refractivity contribution in [3.63, 3.8) is 0 Å². The van der Waals surface area contributed by atoms with Crippen molar-refractivity contribution < 1.29 is 5.11 Å². The number of aliphatic hydroxyl groups excluding tert-OH is 1. The van der Waals surface area contributed by atoms with Gasteiger partial charge in [0.25, 0.3) is 0 Å². The lowest BCUT2D eigenvalue weighted by atomic mass is 9.97. The fourth-order valence-electron chi connectivity index (χ4n) is 3.35. The minimum absolute atomic E-state index is 0.217. The molecule has 0 saturated carbocycles. The summed E-state index contributed by atoms with van der Waals surface area (Å²) in [4.78, 5) is 14.9. The van der Waals surface area contributed by atoms with Crippen LogP contribution in [0, 0.1) is 5.92 Å². The molecule has 0 aromatic carbocycles. The largest absolute Gasteiger partial charge is 0.391 e. The number of pyridine rings is 2. The molecule has 0 amide bonds. The number of hydrogen-bond acceptors (Lipinski definition) is 5. The van der Waals surface area contributed by atoms with Crippen LogP contribution in [0.25, 0.3) is 0 Å². The minimum atomic E-state index is -0.333. The standard InChI is InChI=1S/C19H21N5O/c25-18-13-24(12-17(18)9-15-3-5-20-6-4-15)19-2-1-16(10-22-19)11-23-8-7-21-14-23/h1-8,10,14,17-18,25H,9,11-13H2/t17-,18-/m1/s1. The van der Waals surface area contributed by atoms with E-state index in [0.717, 1.165) is 30.9 Å². The van der Waals surface area contributed by atoms with Gasteiger partial charge in [0, 0.05) is 56.5 Å². The van der Waals surface area contributed by atoms with E-state index in [1.165, 1.54) is 5.56 Å². The number of aliphatic hydroxyl groups is 1. The second-order valence-electron chi connectivity index (χ2n) is 6.55. The molecule has 3 aromatic rings. The molecule has 1 aliphatic heterocycles. The highest BCUT2D eigenvalue weighted by atomic mass is 16.3. The lowest BCUT2D eigenvalue weighted by Crippen LogP contribution is -2.22. The van der Waals surface area contributed by atoms with Crippen LogP contribution in [-0.4, -0.2) is 43.8 Å². The lowest BCUT2D eigenvalue weighted by Gasteiger charge is -2.17. The Morgan fingerprint density at radius 1 is 1.00 bits per heavy atom. The van der Waals surface area contributed by atoms with Gasteiger partial charge in [0.05, 0.1) is 12.4 Å². The van der Waals surface area contributed by atoms with E-state index in [4.69, 9.17) is 0 Å². The Bertz CT molecular complexity index is 788. The van der Waals surface area contributed by atoms with Gasteiger partial charge in [-0.05, 0) is 35.7 Å². The van der Waals surface area contributed by atoms with Crippen molar-refractivity contribution in [1.82, 2.24) is 19.5 Å². The Hall–Kier alpha value is -2.73. The van der Waals surface area contributed by atoms with Crippen LogP contribution in [0.1, 0.15) is 11.1 Å². The molecule has 25 heavy (non-hydrogen) atoms. The maximum Gasteiger partial charge on any atom is 0.128 e. The molecule has 0 aliphatic carbocycles. The van der Waals surface area contributed by atoms with E-state index in [1.807, 2.05) is 35.2 Å². The highest BCUT2D eigenvalue weighted by Crippen LogP contribution is 2.25. The minimum Gasteiger partial charge on any atom is -0.391 e. The van der Waals surface area contributed by atoms with E-state index in [1.54, 1.807) is 24.9 Å². The first-order valence-electron chi connectivity index (χ1n) is 8.50. The van der Waals surface area contributed by atoms with Crippen LogP contribution in [0.4, 0.5) is 5.82 Å². The second-order valence-corrected chi connectivity index (χ2v) is 6.55. The van der Waals surface area contributed by atoms with Gasteiger partial charge in [-0.25, -0.2) is 9.97 Å². The highest BCUT2D eigenvalue weighted by molar-refractivity contribution is 5.41. The van der Waals surface area contributed by atoms with Crippen molar-refractivity contribution >= 4 is 5.82 Å². The monoisotopic (exact) mass is 335 g/mol. The van der Waals surface area contributed by atoms with Crippen LogP contribution < -0.4 is 4.90 Å². The van der Waals surface area contributed by atoms with Gasteiger partial charge in [0.2, 0.25) is 0 Å². The molecule has 2 atom stereocenters. The Labute approximate surface area is 146 Å². The van der Waals surface area contributed by atoms with Crippen LogP contribution in [-0.2, 0) is 13.0 Å². The zero-order chi connectivity index (χ0) is 17.1. The SMILES string of the molecule is O[C@@H]1CN(c2ccc(Cn3ccnc3)cn2)C[C@H]1Cc1ccncc1. The molecule has 1 fully saturated rings. The van der Waals surface area contributed by atoms with Gasteiger partial charge in [-0.3, -0.25) is 4.98 Å². The maximum absolute atomic E-state index is 10.4. The van der Waals surface area contributed by atoms with E-state index in [-0.39, 0.29) is 12.0 Å². The molecule has 0 unspecified atom stereocenters. The Balaban J connectivity index is 1.40. The number of nitrogens with zero attached hydrogens (tertiary/aromatic N) is 5. The molecule has 0 spiro atoms. The number of hydrogen-bond donors (Lipinski definition) is 1. The van der Waals surface area contributed by atoms with E-state index >= 15 is 0 Å². The van der Waals surface area contributed by atoms with Crippen molar-refractivity contribution in [1.29, 1.82) is 0 Å². The molecule has 1 aliphatic rings. The van der Waals surface area contributed by atoms with Gasteiger partial charge in [0.15, 0.2) is 0 Å². The predicted molar refractivity (Wildman–Crippen MR) is 95.2 cm³/mol.